The Kier molecular flexibility index (Phi) is 6.88. The number of hydrogen-bond acceptors (Lipinski definition) is 6. The molecule has 186 valence electrons. The van der Waals surface area contributed by atoms with E-state index in [9.17, 15) is 0 Å². The van der Waals surface area contributed by atoms with Gasteiger partial charge in [-0.3, -0.25) is 4.57 Å². The number of benzene rings is 3. The lowest BCUT2D eigenvalue weighted by molar-refractivity contribution is 0.0953. The van der Waals surface area contributed by atoms with Crippen molar-refractivity contribution in [2.45, 2.75) is 36.4 Å². The number of methoxy groups -OCH3 is 1. The molecule has 0 amide bonds. The second-order valence-corrected chi connectivity index (χ2v) is 10.1. The number of fused-ring (bicyclic) bond motifs is 1. The molecule has 1 aliphatic rings. The molecule has 1 aliphatic heterocycles. The van der Waals surface area contributed by atoms with Gasteiger partial charge < -0.3 is 9.47 Å². The number of nitrogens with zero attached hydrogens (tertiary/aromatic N) is 4. The summed E-state index contributed by atoms with van der Waals surface area (Å²) in [6, 6.07) is 28.8. The highest BCUT2D eigenvalue weighted by Crippen LogP contribution is 2.34. The first kappa shape index (κ1) is 23.7. The monoisotopic (exact) mass is 508 g/mol. The molecule has 6 nitrogen and oxygen atoms in total. The topological polar surface area (TPSA) is 62.1 Å². The van der Waals surface area contributed by atoms with Crippen molar-refractivity contribution in [3.63, 3.8) is 0 Å². The maximum absolute atomic E-state index is 6.03. The van der Waals surface area contributed by atoms with Gasteiger partial charge in [-0.2, -0.15) is 0 Å². The minimum Gasteiger partial charge on any atom is -0.497 e. The van der Waals surface area contributed by atoms with E-state index in [1.165, 1.54) is 5.56 Å². The van der Waals surface area contributed by atoms with Gasteiger partial charge in [-0.25, -0.2) is 4.98 Å². The molecule has 0 unspecified atom stereocenters. The standard InChI is InChI=1S/C30H28N4O2S/c1-35-23-12-7-9-21(17-23)20-37-30-33-32-29(34(30)19-24-13-8-16-36-24)26-18-28(22-10-3-2-4-11-22)31-27-15-6-5-14-25(26)27/h2-7,9-12,14-15,17-18,24H,8,13,16,19-20H2,1H3/t24-/m1/s1. The normalized spacial score (nSPS) is 15.3. The molecule has 37 heavy (non-hydrogen) atoms. The molecule has 5 aromatic rings. The van der Waals surface area contributed by atoms with Gasteiger partial charge in [-0.15, -0.1) is 10.2 Å². The van der Waals surface area contributed by atoms with Crippen molar-refractivity contribution >= 4 is 22.7 Å². The molecule has 0 N–H and O–H groups in total. The smallest absolute Gasteiger partial charge is 0.191 e. The van der Waals surface area contributed by atoms with E-state index in [0.29, 0.717) is 0 Å². The molecule has 0 spiro atoms. The summed E-state index contributed by atoms with van der Waals surface area (Å²) in [6.45, 7) is 1.53. The number of ether oxygens (including phenoxy) is 2. The molecule has 1 atom stereocenters. The van der Waals surface area contributed by atoms with Crippen LogP contribution < -0.4 is 4.74 Å². The van der Waals surface area contributed by atoms with Crippen LogP contribution in [0.2, 0.25) is 0 Å². The van der Waals surface area contributed by atoms with Crippen LogP contribution in [0.4, 0.5) is 0 Å². The summed E-state index contributed by atoms with van der Waals surface area (Å²) in [5.74, 6) is 2.48. The molecule has 3 heterocycles. The maximum atomic E-state index is 6.03. The molecular formula is C30H28N4O2S. The van der Waals surface area contributed by atoms with Crippen LogP contribution in [0.15, 0.2) is 90.1 Å². The van der Waals surface area contributed by atoms with E-state index in [1.54, 1.807) is 18.9 Å². The van der Waals surface area contributed by atoms with Gasteiger partial charge in [0.15, 0.2) is 11.0 Å². The third-order valence-corrected chi connectivity index (χ3v) is 7.69. The number of pyridine rings is 1. The Bertz CT molecular complexity index is 1510. The second-order valence-electron chi connectivity index (χ2n) is 9.13. The van der Waals surface area contributed by atoms with Crippen LogP contribution in [0.1, 0.15) is 18.4 Å². The van der Waals surface area contributed by atoms with Gasteiger partial charge >= 0.3 is 0 Å². The van der Waals surface area contributed by atoms with Crippen molar-refractivity contribution in [3.05, 3.63) is 90.5 Å². The Labute approximate surface area is 220 Å². The van der Waals surface area contributed by atoms with Crippen LogP contribution in [0.3, 0.4) is 0 Å². The first-order chi connectivity index (χ1) is 18.3. The number of aromatic nitrogens is 4. The molecule has 6 rings (SSSR count). The van der Waals surface area contributed by atoms with Crippen molar-refractivity contribution in [3.8, 4) is 28.4 Å². The van der Waals surface area contributed by atoms with Crippen LogP contribution in [-0.2, 0) is 17.0 Å². The lowest BCUT2D eigenvalue weighted by atomic mass is 10.0. The fourth-order valence-electron chi connectivity index (χ4n) is 4.78. The van der Waals surface area contributed by atoms with Crippen LogP contribution in [0, 0.1) is 0 Å². The van der Waals surface area contributed by atoms with E-state index < -0.39 is 0 Å². The molecule has 2 aromatic heterocycles. The maximum Gasteiger partial charge on any atom is 0.191 e. The summed E-state index contributed by atoms with van der Waals surface area (Å²) in [4.78, 5) is 4.96. The van der Waals surface area contributed by atoms with Gasteiger partial charge in [-0.05, 0) is 42.7 Å². The first-order valence-electron chi connectivity index (χ1n) is 12.5. The van der Waals surface area contributed by atoms with Gasteiger partial charge in [0, 0.05) is 28.9 Å². The highest BCUT2D eigenvalue weighted by molar-refractivity contribution is 7.98. The predicted octanol–water partition coefficient (Wildman–Crippen LogP) is 6.64. The Morgan fingerprint density at radius 1 is 0.973 bits per heavy atom. The van der Waals surface area contributed by atoms with E-state index in [0.717, 1.165) is 76.2 Å². The molecule has 1 saturated heterocycles. The summed E-state index contributed by atoms with van der Waals surface area (Å²) in [5.41, 5.74) is 5.15. The van der Waals surface area contributed by atoms with Crippen molar-refractivity contribution < 1.29 is 9.47 Å². The highest BCUT2D eigenvalue weighted by Gasteiger charge is 2.23. The van der Waals surface area contributed by atoms with Gasteiger partial charge in [0.25, 0.3) is 0 Å². The Morgan fingerprint density at radius 2 is 1.84 bits per heavy atom. The largest absolute Gasteiger partial charge is 0.497 e. The number of thioether (sulfide) groups is 1. The fraction of sp³-hybridized carbons (Fsp3) is 0.233. The predicted molar refractivity (Wildman–Crippen MR) is 148 cm³/mol. The van der Waals surface area contributed by atoms with Crippen LogP contribution in [-0.4, -0.2) is 39.6 Å². The summed E-state index contributed by atoms with van der Waals surface area (Å²) in [6.07, 6.45) is 2.29. The summed E-state index contributed by atoms with van der Waals surface area (Å²) < 4.78 is 13.7. The quantitative estimate of drug-likeness (QED) is 0.219. The van der Waals surface area contributed by atoms with Crippen molar-refractivity contribution in [1.82, 2.24) is 19.7 Å². The van der Waals surface area contributed by atoms with E-state index in [-0.39, 0.29) is 6.10 Å². The van der Waals surface area contributed by atoms with Crippen molar-refractivity contribution in [2.24, 2.45) is 0 Å². The average Bonchev–Trinajstić information content (AvgIpc) is 3.62. The molecule has 1 fully saturated rings. The minimum absolute atomic E-state index is 0.160. The van der Waals surface area contributed by atoms with Gasteiger partial charge in [0.05, 0.1) is 31.0 Å². The zero-order chi connectivity index (χ0) is 25.0. The van der Waals surface area contributed by atoms with Gasteiger partial charge in [0.1, 0.15) is 5.75 Å². The number of hydrogen-bond donors (Lipinski definition) is 0. The van der Waals surface area contributed by atoms with Crippen molar-refractivity contribution in [2.75, 3.05) is 13.7 Å². The molecule has 0 bridgehead atoms. The number of para-hydroxylation sites is 1. The average molecular weight is 509 g/mol. The fourth-order valence-corrected chi connectivity index (χ4v) is 5.67. The summed E-state index contributed by atoms with van der Waals surface area (Å²) in [7, 11) is 1.69. The molecular weight excluding hydrogens is 480 g/mol. The minimum atomic E-state index is 0.160. The van der Waals surface area contributed by atoms with Crippen LogP contribution in [0.5, 0.6) is 5.75 Å². The highest BCUT2D eigenvalue weighted by atomic mass is 32.2. The zero-order valence-corrected chi connectivity index (χ0v) is 21.5. The summed E-state index contributed by atoms with van der Waals surface area (Å²) >= 11 is 1.69. The third kappa shape index (κ3) is 5.10. The Balaban J connectivity index is 1.43. The molecule has 0 aliphatic carbocycles. The van der Waals surface area contributed by atoms with E-state index in [2.05, 4.69) is 58.2 Å². The molecule has 3 aromatic carbocycles. The Morgan fingerprint density at radius 3 is 2.68 bits per heavy atom. The van der Waals surface area contributed by atoms with Gasteiger partial charge in [0.2, 0.25) is 0 Å². The van der Waals surface area contributed by atoms with Gasteiger partial charge in [-0.1, -0.05) is 72.4 Å². The molecule has 0 radical (unpaired) electrons. The van der Waals surface area contributed by atoms with Crippen LogP contribution in [0.25, 0.3) is 33.5 Å². The first-order valence-corrected chi connectivity index (χ1v) is 13.5. The van der Waals surface area contributed by atoms with Crippen LogP contribution >= 0.6 is 11.8 Å². The SMILES string of the molecule is COc1cccc(CSc2nnc(-c3cc(-c4ccccc4)nc4ccccc34)n2C[C@H]2CCCO2)c1. The number of rotatable bonds is 8. The van der Waals surface area contributed by atoms with E-state index in [1.807, 2.05) is 36.4 Å². The van der Waals surface area contributed by atoms with E-state index in [4.69, 9.17) is 19.6 Å². The third-order valence-electron chi connectivity index (χ3n) is 6.66. The lowest BCUT2D eigenvalue weighted by Gasteiger charge is -2.16. The van der Waals surface area contributed by atoms with E-state index >= 15 is 0 Å². The molecule has 0 saturated carbocycles. The zero-order valence-electron chi connectivity index (χ0n) is 20.7. The lowest BCUT2D eigenvalue weighted by Crippen LogP contribution is -2.16. The summed E-state index contributed by atoms with van der Waals surface area (Å²) in [5, 5.41) is 11.4. The molecule has 7 heteroatoms. The second kappa shape index (κ2) is 10.7. The van der Waals surface area contributed by atoms with Crippen molar-refractivity contribution in [1.29, 1.82) is 0 Å². The Hall–Kier alpha value is -3.68.